The quantitative estimate of drug-likeness (QED) is 0.683. The zero-order valence-corrected chi connectivity index (χ0v) is 10.0. The number of hydrogen-bond donors (Lipinski definition) is 3. The highest BCUT2D eigenvalue weighted by atomic mass is 16.3. The summed E-state index contributed by atoms with van der Waals surface area (Å²) < 4.78 is 0. The molecule has 18 heavy (non-hydrogen) atoms. The fourth-order valence-electron chi connectivity index (χ4n) is 2.26. The molecule has 3 N–H and O–H groups in total. The van der Waals surface area contributed by atoms with E-state index in [-0.39, 0.29) is 35.5 Å². The average Bonchev–Trinajstić information content (AvgIpc) is 2.41. The minimum Gasteiger partial charge on any atom is -0.508 e. The van der Waals surface area contributed by atoms with Gasteiger partial charge in [-0.3, -0.25) is 4.79 Å². The lowest BCUT2D eigenvalue weighted by Gasteiger charge is -2.32. The first-order valence-electron chi connectivity index (χ1n) is 6.04. The number of aliphatic hydroxyl groups is 1. The third kappa shape index (κ3) is 2.56. The minimum absolute atomic E-state index is 0.0492. The molecule has 1 heterocycles. The molecule has 1 aliphatic rings. The molecule has 1 amide bonds. The Kier molecular flexibility index (Phi) is 3.72. The number of aromatic hydroxyl groups is 2. The number of carbonyl (C=O) groups is 1. The fourth-order valence-corrected chi connectivity index (χ4v) is 2.26. The van der Waals surface area contributed by atoms with Gasteiger partial charge in [0.05, 0.1) is 5.56 Å². The number of nitrogens with zero attached hydrogens (tertiary/aromatic N) is 1. The van der Waals surface area contributed by atoms with Gasteiger partial charge in [-0.15, -0.1) is 0 Å². The van der Waals surface area contributed by atoms with Crippen molar-refractivity contribution in [3.63, 3.8) is 0 Å². The van der Waals surface area contributed by atoms with Gasteiger partial charge in [0.2, 0.25) is 0 Å². The third-order valence-corrected chi connectivity index (χ3v) is 3.27. The highest BCUT2D eigenvalue weighted by Crippen LogP contribution is 2.25. The molecule has 2 rings (SSSR count). The summed E-state index contributed by atoms with van der Waals surface area (Å²) in [6.45, 7) is 1.17. The van der Waals surface area contributed by atoms with Crippen LogP contribution in [-0.4, -0.2) is 45.8 Å². The van der Waals surface area contributed by atoms with Crippen molar-refractivity contribution in [2.24, 2.45) is 5.92 Å². The van der Waals surface area contributed by atoms with Crippen molar-refractivity contribution in [3.8, 4) is 11.5 Å². The number of likely N-dealkylation sites (tertiary alicyclic amines) is 1. The maximum absolute atomic E-state index is 12.2. The Hall–Kier alpha value is -1.75. The number of piperidine rings is 1. The molecule has 1 aliphatic heterocycles. The molecular weight excluding hydrogens is 234 g/mol. The summed E-state index contributed by atoms with van der Waals surface area (Å²) in [5, 5.41) is 28.1. The van der Waals surface area contributed by atoms with Gasteiger partial charge in [0.15, 0.2) is 0 Å². The largest absolute Gasteiger partial charge is 0.508 e. The van der Waals surface area contributed by atoms with Gasteiger partial charge in [-0.1, -0.05) is 0 Å². The Labute approximate surface area is 105 Å². The first-order chi connectivity index (χ1) is 8.61. The van der Waals surface area contributed by atoms with Crippen molar-refractivity contribution < 1.29 is 20.1 Å². The molecule has 0 spiro atoms. The summed E-state index contributed by atoms with van der Waals surface area (Å²) >= 11 is 0. The molecule has 5 nitrogen and oxygen atoms in total. The lowest BCUT2D eigenvalue weighted by molar-refractivity contribution is 0.0617. The van der Waals surface area contributed by atoms with Gasteiger partial charge < -0.3 is 20.2 Å². The molecule has 5 heteroatoms. The number of amides is 1. The Morgan fingerprint density at radius 1 is 1.39 bits per heavy atom. The van der Waals surface area contributed by atoms with Gasteiger partial charge >= 0.3 is 0 Å². The monoisotopic (exact) mass is 251 g/mol. The second-order valence-corrected chi connectivity index (χ2v) is 4.64. The van der Waals surface area contributed by atoms with Gasteiger partial charge in [0.1, 0.15) is 11.5 Å². The van der Waals surface area contributed by atoms with Crippen LogP contribution >= 0.6 is 0 Å². The highest BCUT2D eigenvalue weighted by molar-refractivity contribution is 5.97. The van der Waals surface area contributed by atoms with Crippen molar-refractivity contribution in [1.29, 1.82) is 0 Å². The second kappa shape index (κ2) is 5.27. The summed E-state index contributed by atoms with van der Waals surface area (Å²) in [5.74, 6) is -0.389. The number of hydrogen-bond acceptors (Lipinski definition) is 4. The smallest absolute Gasteiger partial charge is 0.257 e. The molecule has 0 saturated carbocycles. The van der Waals surface area contributed by atoms with E-state index < -0.39 is 0 Å². The molecule has 98 valence electrons. The van der Waals surface area contributed by atoms with Crippen molar-refractivity contribution in [2.45, 2.75) is 12.8 Å². The summed E-state index contributed by atoms with van der Waals surface area (Å²) in [4.78, 5) is 13.8. The van der Waals surface area contributed by atoms with Crippen LogP contribution in [0.25, 0.3) is 0 Å². The predicted octanol–water partition coefficient (Wildman–Crippen LogP) is 0.942. The zero-order chi connectivity index (χ0) is 13.1. The topological polar surface area (TPSA) is 81.0 Å². The summed E-state index contributed by atoms with van der Waals surface area (Å²) in [5.41, 5.74) is 0.105. The average molecular weight is 251 g/mol. The van der Waals surface area contributed by atoms with Gasteiger partial charge in [0.25, 0.3) is 5.91 Å². The van der Waals surface area contributed by atoms with Gasteiger partial charge in [-0.05, 0) is 37.0 Å². The molecule has 1 saturated heterocycles. The molecule has 1 atom stereocenters. The van der Waals surface area contributed by atoms with Crippen LogP contribution in [0, 0.1) is 5.92 Å². The Bertz CT molecular complexity index is 447. The van der Waals surface area contributed by atoms with Crippen molar-refractivity contribution in [3.05, 3.63) is 23.8 Å². The molecule has 0 aliphatic carbocycles. The molecule has 1 aromatic carbocycles. The van der Waals surface area contributed by atoms with Crippen LogP contribution in [0.2, 0.25) is 0 Å². The van der Waals surface area contributed by atoms with Gasteiger partial charge in [-0.25, -0.2) is 0 Å². The normalized spacial score (nSPS) is 19.8. The number of aliphatic hydroxyl groups excluding tert-OH is 1. The molecule has 0 aromatic heterocycles. The Morgan fingerprint density at radius 3 is 2.89 bits per heavy atom. The fraction of sp³-hybridized carbons (Fsp3) is 0.462. The third-order valence-electron chi connectivity index (χ3n) is 3.27. The van der Waals surface area contributed by atoms with E-state index in [1.165, 1.54) is 18.2 Å². The lowest BCUT2D eigenvalue weighted by Crippen LogP contribution is -2.40. The maximum atomic E-state index is 12.2. The van der Waals surface area contributed by atoms with E-state index in [9.17, 15) is 15.0 Å². The molecule has 0 radical (unpaired) electrons. The van der Waals surface area contributed by atoms with Gasteiger partial charge in [-0.2, -0.15) is 0 Å². The van der Waals surface area contributed by atoms with Crippen LogP contribution in [0.4, 0.5) is 0 Å². The predicted molar refractivity (Wildman–Crippen MR) is 65.5 cm³/mol. The number of phenols is 2. The Morgan fingerprint density at radius 2 is 2.17 bits per heavy atom. The lowest BCUT2D eigenvalue weighted by atomic mass is 9.98. The molecule has 1 fully saturated rings. The summed E-state index contributed by atoms with van der Waals surface area (Å²) in [7, 11) is 0. The van der Waals surface area contributed by atoms with Crippen molar-refractivity contribution >= 4 is 5.91 Å². The first-order valence-corrected chi connectivity index (χ1v) is 6.04. The van der Waals surface area contributed by atoms with Crippen molar-refractivity contribution in [1.82, 2.24) is 4.90 Å². The van der Waals surface area contributed by atoms with E-state index >= 15 is 0 Å². The van der Waals surface area contributed by atoms with Crippen LogP contribution in [0.3, 0.4) is 0 Å². The van der Waals surface area contributed by atoms with E-state index in [4.69, 9.17) is 5.11 Å². The highest BCUT2D eigenvalue weighted by Gasteiger charge is 2.25. The standard InChI is InChI=1S/C13H17NO4/c15-8-9-2-1-5-14(7-9)13(18)11-6-10(16)3-4-12(11)17/h3-4,6,9,15-17H,1-2,5,7-8H2. The SMILES string of the molecule is O=C(c1cc(O)ccc1O)N1CCCC(CO)C1. The molecule has 1 unspecified atom stereocenters. The minimum atomic E-state index is -0.304. The van der Waals surface area contributed by atoms with Crippen LogP contribution < -0.4 is 0 Å². The van der Waals surface area contributed by atoms with E-state index in [2.05, 4.69) is 0 Å². The van der Waals surface area contributed by atoms with E-state index in [0.29, 0.717) is 13.1 Å². The van der Waals surface area contributed by atoms with Crippen LogP contribution in [0.1, 0.15) is 23.2 Å². The zero-order valence-electron chi connectivity index (χ0n) is 10.0. The second-order valence-electron chi connectivity index (χ2n) is 4.64. The molecule has 1 aromatic rings. The van der Waals surface area contributed by atoms with Gasteiger partial charge in [0, 0.05) is 19.7 Å². The van der Waals surface area contributed by atoms with E-state index in [1.807, 2.05) is 0 Å². The van der Waals surface area contributed by atoms with Crippen LogP contribution in [-0.2, 0) is 0 Å². The number of carbonyl (C=O) groups excluding carboxylic acids is 1. The number of rotatable bonds is 2. The summed E-state index contributed by atoms with van der Waals surface area (Å²) in [6, 6.07) is 3.90. The molecular formula is C13H17NO4. The number of phenolic OH excluding ortho intramolecular Hbond substituents is 2. The Balaban J connectivity index is 2.17. The summed E-state index contributed by atoms with van der Waals surface area (Å²) in [6.07, 6.45) is 1.75. The number of benzene rings is 1. The van der Waals surface area contributed by atoms with E-state index in [1.54, 1.807) is 4.90 Å². The van der Waals surface area contributed by atoms with Crippen LogP contribution in [0.15, 0.2) is 18.2 Å². The maximum Gasteiger partial charge on any atom is 0.257 e. The van der Waals surface area contributed by atoms with E-state index in [0.717, 1.165) is 12.8 Å². The first kappa shape index (κ1) is 12.7. The van der Waals surface area contributed by atoms with Crippen LogP contribution in [0.5, 0.6) is 11.5 Å². The van der Waals surface area contributed by atoms with Crippen molar-refractivity contribution in [2.75, 3.05) is 19.7 Å². The molecule has 0 bridgehead atoms.